The van der Waals surface area contributed by atoms with Crippen molar-refractivity contribution < 1.29 is 42.1 Å². The van der Waals surface area contributed by atoms with E-state index in [1.807, 2.05) is 21.1 Å². The Hall–Kier alpha value is -1.77. The van der Waals surface area contributed by atoms with Crippen LogP contribution in [0.4, 0.5) is 0 Å². The standard InChI is InChI=1S/C60H114NO8P/c1-6-8-10-12-14-16-18-20-22-24-25-26-27-28-29-30-31-32-33-34-35-37-38-40-42-44-46-48-50-52-59(62)66-56-58(57-68-70(64,65)67-55-54-61(3,4)5)69-60(63)53-51-49-47-45-43-41-39-36-23-21-19-17-15-13-11-9-7-2/h9,11,15,17,21,23,58H,6-8,10,12-14,16,18-20,22,24-57H2,1-5H3/b11-9-,17-15-,23-21-. The number of carbonyl (C=O) groups is 2. The first-order chi connectivity index (χ1) is 34.0. The number of hydrogen-bond donors (Lipinski definition) is 0. The van der Waals surface area contributed by atoms with Gasteiger partial charge in [0.05, 0.1) is 27.7 Å². The molecule has 0 heterocycles. The molecule has 0 aliphatic carbocycles. The molecule has 0 aliphatic heterocycles. The molecule has 0 amide bonds. The second-order valence-corrected chi connectivity index (χ2v) is 22.8. The van der Waals surface area contributed by atoms with Crippen molar-refractivity contribution in [1.29, 1.82) is 0 Å². The highest BCUT2D eigenvalue weighted by molar-refractivity contribution is 7.45. The molecule has 0 aromatic rings. The van der Waals surface area contributed by atoms with Gasteiger partial charge in [-0.1, -0.05) is 262 Å². The van der Waals surface area contributed by atoms with Crippen molar-refractivity contribution >= 4 is 19.8 Å². The van der Waals surface area contributed by atoms with Crippen molar-refractivity contribution in [3.63, 3.8) is 0 Å². The van der Waals surface area contributed by atoms with Crippen molar-refractivity contribution in [2.75, 3.05) is 47.5 Å². The van der Waals surface area contributed by atoms with E-state index < -0.39 is 26.5 Å². The van der Waals surface area contributed by atoms with Gasteiger partial charge in [0.1, 0.15) is 19.8 Å². The van der Waals surface area contributed by atoms with E-state index in [4.69, 9.17) is 18.5 Å². The molecule has 9 nitrogen and oxygen atoms in total. The van der Waals surface area contributed by atoms with Gasteiger partial charge in [0.25, 0.3) is 7.82 Å². The van der Waals surface area contributed by atoms with Gasteiger partial charge in [-0.2, -0.15) is 0 Å². The molecule has 0 N–H and O–H groups in total. The predicted octanol–water partition coefficient (Wildman–Crippen LogP) is 17.7. The molecule has 0 radical (unpaired) electrons. The van der Waals surface area contributed by atoms with Gasteiger partial charge < -0.3 is 27.9 Å². The van der Waals surface area contributed by atoms with Crippen molar-refractivity contribution in [2.45, 2.75) is 290 Å². The first-order valence-electron chi connectivity index (χ1n) is 29.7. The van der Waals surface area contributed by atoms with Crippen LogP contribution >= 0.6 is 7.82 Å². The predicted molar refractivity (Wildman–Crippen MR) is 296 cm³/mol. The average Bonchev–Trinajstić information content (AvgIpc) is 3.32. The summed E-state index contributed by atoms with van der Waals surface area (Å²) in [6.45, 7) is 4.16. The number of quaternary nitrogens is 1. The maximum Gasteiger partial charge on any atom is 0.306 e. The second kappa shape index (κ2) is 52.1. The molecule has 2 unspecified atom stereocenters. The Labute approximate surface area is 433 Å². The Morgan fingerprint density at radius 1 is 0.457 bits per heavy atom. The summed E-state index contributed by atoms with van der Waals surface area (Å²) in [7, 11) is 1.17. The number of esters is 2. The maximum atomic E-state index is 12.8. The van der Waals surface area contributed by atoms with Crippen LogP contribution in [0, 0.1) is 0 Å². The van der Waals surface area contributed by atoms with E-state index >= 15 is 0 Å². The van der Waals surface area contributed by atoms with E-state index in [1.54, 1.807) is 0 Å². The van der Waals surface area contributed by atoms with Crippen LogP contribution in [0.3, 0.4) is 0 Å². The highest BCUT2D eigenvalue weighted by Crippen LogP contribution is 2.38. The summed E-state index contributed by atoms with van der Waals surface area (Å²) in [6.07, 6.45) is 63.5. The van der Waals surface area contributed by atoms with E-state index in [-0.39, 0.29) is 32.0 Å². The molecule has 412 valence electrons. The van der Waals surface area contributed by atoms with Gasteiger partial charge in [-0.15, -0.1) is 0 Å². The summed E-state index contributed by atoms with van der Waals surface area (Å²) >= 11 is 0. The number of hydrogen-bond acceptors (Lipinski definition) is 8. The molecule has 0 bridgehead atoms. The lowest BCUT2D eigenvalue weighted by Gasteiger charge is -2.28. The molecule has 0 fully saturated rings. The van der Waals surface area contributed by atoms with Gasteiger partial charge >= 0.3 is 11.9 Å². The fourth-order valence-corrected chi connectivity index (χ4v) is 9.34. The van der Waals surface area contributed by atoms with Gasteiger partial charge in [0, 0.05) is 12.8 Å². The lowest BCUT2D eigenvalue weighted by atomic mass is 10.0. The maximum absolute atomic E-state index is 12.8. The molecule has 70 heavy (non-hydrogen) atoms. The largest absolute Gasteiger partial charge is 0.756 e. The molecule has 10 heteroatoms. The Kier molecular flexibility index (Phi) is 50.8. The fraction of sp³-hybridized carbons (Fsp3) is 0.867. The summed E-state index contributed by atoms with van der Waals surface area (Å²) in [6, 6.07) is 0. The Morgan fingerprint density at radius 2 is 0.814 bits per heavy atom. The number of likely N-dealkylation sites (N-methyl/N-ethyl adjacent to an activating group) is 1. The smallest absolute Gasteiger partial charge is 0.306 e. The molecule has 0 aromatic heterocycles. The minimum absolute atomic E-state index is 0.0319. The monoisotopic (exact) mass is 1010 g/mol. The lowest BCUT2D eigenvalue weighted by Crippen LogP contribution is -2.37. The summed E-state index contributed by atoms with van der Waals surface area (Å²) in [5.41, 5.74) is 0. The molecule has 0 spiro atoms. The van der Waals surface area contributed by atoms with E-state index in [2.05, 4.69) is 50.3 Å². The Morgan fingerprint density at radius 3 is 1.21 bits per heavy atom. The molecular weight excluding hydrogens is 894 g/mol. The number of allylic oxidation sites excluding steroid dienone is 6. The van der Waals surface area contributed by atoms with E-state index in [0.717, 1.165) is 64.2 Å². The van der Waals surface area contributed by atoms with Crippen LogP contribution in [0.2, 0.25) is 0 Å². The minimum atomic E-state index is -4.64. The van der Waals surface area contributed by atoms with Crippen molar-refractivity contribution in [3.8, 4) is 0 Å². The Balaban J connectivity index is 4.04. The number of carbonyl (C=O) groups excluding carboxylic acids is 2. The zero-order valence-corrected chi connectivity index (χ0v) is 47.6. The molecule has 2 atom stereocenters. The third kappa shape index (κ3) is 55.5. The third-order valence-electron chi connectivity index (χ3n) is 13.2. The summed E-state index contributed by atoms with van der Waals surface area (Å²) in [5, 5.41) is 0. The fourth-order valence-electron chi connectivity index (χ4n) is 8.61. The van der Waals surface area contributed by atoms with Crippen molar-refractivity contribution in [3.05, 3.63) is 36.5 Å². The van der Waals surface area contributed by atoms with Crippen LogP contribution < -0.4 is 4.89 Å². The number of unbranched alkanes of at least 4 members (excludes halogenated alkanes) is 35. The van der Waals surface area contributed by atoms with Crippen molar-refractivity contribution in [2.24, 2.45) is 0 Å². The van der Waals surface area contributed by atoms with Crippen LogP contribution in [0.1, 0.15) is 284 Å². The molecule has 0 saturated carbocycles. The quantitative estimate of drug-likeness (QED) is 0.0195. The summed E-state index contributed by atoms with van der Waals surface area (Å²) in [4.78, 5) is 37.8. The Bertz CT molecular complexity index is 1280. The highest BCUT2D eigenvalue weighted by Gasteiger charge is 2.22. The molecule has 0 saturated heterocycles. The van der Waals surface area contributed by atoms with Crippen LogP contribution in [-0.2, 0) is 32.7 Å². The van der Waals surface area contributed by atoms with Gasteiger partial charge in [0.15, 0.2) is 6.10 Å². The second-order valence-electron chi connectivity index (χ2n) is 21.3. The molecular formula is C60H114NO8P. The minimum Gasteiger partial charge on any atom is -0.756 e. The molecule has 0 aliphatic rings. The summed E-state index contributed by atoms with van der Waals surface area (Å²) in [5.74, 6) is -0.832. The van der Waals surface area contributed by atoms with E-state index in [0.29, 0.717) is 17.4 Å². The highest BCUT2D eigenvalue weighted by atomic mass is 31.2. The van der Waals surface area contributed by atoms with Gasteiger partial charge in [-0.05, 0) is 44.9 Å². The van der Waals surface area contributed by atoms with Crippen LogP contribution in [0.15, 0.2) is 36.5 Å². The number of phosphoric ester groups is 1. The number of rotatable bonds is 55. The topological polar surface area (TPSA) is 111 Å². The van der Waals surface area contributed by atoms with Crippen LogP contribution in [-0.4, -0.2) is 70.0 Å². The third-order valence-corrected chi connectivity index (χ3v) is 14.1. The van der Waals surface area contributed by atoms with Crippen molar-refractivity contribution in [1.82, 2.24) is 0 Å². The number of ether oxygens (including phenoxy) is 2. The zero-order chi connectivity index (χ0) is 51.3. The number of nitrogens with zero attached hydrogens (tertiary/aromatic N) is 1. The zero-order valence-electron chi connectivity index (χ0n) is 46.7. The van der Waals surface area contributed by atoms with E-state index in [9.17, 15) is 19.0 Å². The lowest BCUT2D eigenvalue weighted by molar-refractivity contribution is -0.870. The SMILES string of the molecule is CC/C=C\C/C=C\C/C=C\CCCCCCCCCC(=O)OC(COC(=O)CCCCCCCCCCCCCCCCCCCCCCCCCCCCCCC)COP(=O)([O-])OCC[N+](C)(C)C. The summed E-state index contributed by atoms with van der Waals surface area (Å²) < 4.78 is 34.1. The van der Waals surface area contributed by atoms with E-state index in [1.165, 1.54) is 186 Å². The van der Waals surface area contributed by atoms with Gasteiger partial charge in [-0.3, -0.25) is 14.2 Å². The molecule has 0 aromatic carbocycles. The first-order valence-corrected chi connectivity index (χ1v) is 31.2. The average molecular weight is 1010 g/mol. The van der Waals surface area contributed by atoms with Crippen LogP contribution in [0.25, 0.3) is 0 Å². The normalized spacial score (nSPS) is 13.5. The van der Waals surface area contributed by atoms with Gasteiger partial charge in [-0.25, -0.2) is 0 Å². The van der Waals surface area contributed by atoms with Crippen LogP contribution in [0.5, 0.6) is 0 Å². The number of phosphoric acid groups is 1. The first kappa shape index (κ1) is 68.2. The molecule has 0 rings (SSSR count). The van der Waals surface area contributed by atoms with Gasteiger partial charge in [0.2, 0.25) is 0 Å².